The van der Waals surface area contributed by atoms with Crippen molar-refractivity contribution in [1.29, 1.82) is 0 Å². The molecule has 0 aliphatic heterocycles. The number of hydrogen-bond donors (Lipinski definition) is 2. The number of rotatable bonds is 9. The van der Waals surface area contributed by atoms with Crippen LogP contribution in [0.2, 0.25) is 0 Å². The Morgan fingerprint density at radius 2 is 2.10 bits per heavy atom. The van der Waals surface area contributed by atoms with Crippen molar-refractivity contribution < 1.29 is 4.79 Å². The Morgan fingerprint density at radius 3 is 2.90 bits per heavy atom. The molecule has 0 radical (unpaired) electrons. The zero-order chi connectivity index (χ0) is 21.6. The van der Waals surface area contributed by atoms with Crippen LogP contribution in [-0.2, 0) is 6.42 Å². The molecule has 3 aromatic heterocycles. The lowest BCUT2D eigenvalue weighted by atomic mass is 10.0. The predicted molar refractivity (Wildman–Crippen MR) is 130 cm³/mol. The van der Waals surface area contributed by atoms with Gasteiger partial charge < -0.3 is 10.6 Å². The number of aryl methyl sites for hydroxylation is 1. The maximum Gasteiger partial charge on any atom is 0.252 e. The summed E-state index contributed by atoms with van der Waals surface area (Å²) in [5.74, 6) is 0.847. The van der Waals surface area contributed by atoms with Crippen LogP contribution in [0.1, 0.15) is 35.7 Å². The van der Waals surface area contributed by atoms with Gasteiger partial charge in [0.05, 0.1) is 16.4 Å². The molecular weight excluding hydrogens is 474 g/mol. The molecule has 3 heterocycles. The highest BCUT2D eigenvalue weighted by molar-refractivity contribution is 9.10. The molecule has 0 aliphatic carbocycles. The fourth-order valence-corrected chi connectivity index (χ4v) is 4.44. The largest absolute Gasteiger partial charge is 0.370 e. The highest BCUT2D eigenvalue weighted by Gasteiger charge is 2.13. The molecule has 160 valence electrons. The van der Waals surface area contributed by atoms with E-state index in [1.807, 2.05) is 22.9 Å². The number of nitrogens with one attached hydrogen (secondary N) is 2. The summed E-state index contributed by atoms with van der Waals surface area (Å²) in [6, 6.07) is 12.3. The topological polar surface area (TPSA) is 71.3 Å². The number of anilines is 1. The molecular formula is C23H24BrN5OS. The minimum Gasteiger partial charge on any atom is -0.370 e. The van der Waals surface area contributed by atoms with E-state index in [1.54, 1.807) is 10.7 Å². The van der Waals surface area contributed by atoms with E-state index in [0.29, 0.717) is 18.7 Å². The van der Waals surface area contributed by atoms with E-state index in [1.165, 1.54) is 16.9 Å². The third-order valence-corrected chi connectivity index (χ3v) is 6.21. The van der Waals surface area contributed by atoms with Crippen molar-refractivity contribution in [3.8, 4) is 11.3 Å². The van der Waals surface area contributed by atoms with Crippen LogP contribution in [0.5, 0.6) is 0 Å². The van der Waals surface area contributed by atoms with Gasteiger partial charge in [-0.25, -0.2) is 4.98 Å². The average molecular weight is 498 g/mol. The van der Waals surface area contributed by atoms with Crippen LogP contribution in [0.15, 0.2) is 57.8 Å². The molecule has 1 amide bonds. The van der Waals surface area contributed by atoms with Crippen molar-refractivity contribution in [2.45, 2.75) is 26.2 Å². The third kappa shape index (κ3) is 4.97. The Hall–Kier alpha value is -2.71. The van der Waals surface area contributed by atoms with Crippen LogP contribution in [0.3, 0.4) is 0 Å². The van der Waals surface area contributed by atoms with Gasteiger partial charge in [-0.05, 0) is 45.8 Å². The van der Waals surface area contributed by atoms with Gasteiger partial charge in [-0.15, -0.1) is 0 Å². The molecule has 0 spiro atoms. The number of carbonyl (C=O) groups is 1. The maximum atomic E-state index is 12.1. The molecule has 0 aliphatic rings. The van der Waals surface area contributed by atoms with Crippen LogP contribution in [0, 0.1) is 0 Å². The van der Waals surface area contributed by atoms with Crippen LogP contribution in [0.4, 0.5) is 5.82 Å². The molecule has 2 N–H and O–H groups in total. The number of halogens is 1. The van der Waals surface area contributed by atoms with E-state index in [4.69, 9.17) is 4.98 Å². The first-order valence-electron chi connectivity index (χ1n) is 10.3. The Morgan fingerprint density at radius 1 is 1.23 bits per heavy atom. The van der Waals surface area contributed by atoms with Crippen LogP contribution in [0.25, 0.3) is 16.9 Å². The monoisotopic (exact) mass is 497 g/mol. The van der Waals surface area contributed by atoms with E-state index in [2.05, 4.69) is 62.9 Å². The zero-order valence-corrected chi connectivity index (χ0v) is 19.7. The lowest BCUT2D eigenvalue weighted by molar-refractivity contribution is 0.0954. The summed E-state index contributed by atoms with van der Waals surface area (Å²) in [6.07, 6.45) is 4.65. The number of hydrogen-bond acceptors (Lipinski definition) is 5. The smallest absolute Gasteiger partial charge is 0.252 e. The van der Waals surface area contributed by atoms with E-state index in [-0.39, 0.29) is 5.91 Å². The van der Waals surface area contributed by atoms with Crippen LogP contribution >= 0.6 is 27.3 Å². The SMILES string of the molecule is CCCc1ccccc1-c1cc(NCCCNC(=O)c2ccsc2)n2ncc(Br)c2n1. The van der Waals surface area contributed by atoms with Crippen molar-refractivity contribution >= 4 is 44.6 Å². The van der Waals surface area contributed by atoms with Crippen molar-refractivity contribution in [2.24, 2.45) is 0 Å². The highest BCUT2D eigenvalue weighted by atomic mass is 79.9. The van der Waals surface area contributed by atoms with E-state index < -0.39 is 0 Å². The first-order chi connectivity index (χ1) is 15.2. The van der Waals surface area contributed by atoms with E-state index in [0.717, 1.165) is 46.5 Å². The normalized spacial score (nSPS) is 11.0. The highest BCUT2D eigenvalue weighted by Crippen LogP contribution is 2.28. The number of fused-ring (bicyclic) bond motifs is 1. The number of carbonyl (C=O) groups excluding carboxylic acids is 1. The minimum atomic E-state index is -0.0293. The summed E-state index contributed by atoms with van der Waals surface area (Å²) in [7, 11) is 0. The van der Waals surface area contributed by atoms with Crippen molar-refractivity contribution in [2.75, 3.05) is 18.4 Å². The Labute approximate surface area is 193 Å². The van der Waals surface area contributed by atoms with Gasteiger partial charge in [0.2, 0.25) is 0 Å². The van der Waals surface area contributed by atoms with Crippen LogP contribution in [-0.4, -0.2) is 33.6 Å². The standard InChI is InChI=1S/C23H24BrN5OS/c1-2-6-16-7-3-4-8-18(16)20-13-21(29-22(28-20)19(24)14-27-29)25-10-5-11-26-23(30)17-9-12-31-15-17/h3-4,7-9,12-15,25H,2,5-6,10-11H2,1H3,(H,26,30). The molecule has 1 aromatic carbocycles. The van der Waals surface area contributed by atoms with Crippen molar-refractivity contribution in [1.82, 2.24) is 19.9 Å². The second kappa shape index (κ2) is 10.1. The summed E-state index contributed by atoms with van der Waals surface area (Å²) >= 11 is 5.09. The summed E-state index contributed by atoms with van der Waals surface area (Å²) in [6.45, 7) is 3.49. The van der Waals surface area contributed by atoms with Crippen LogP contribution < -0.4 is 10.6 Å². The summed E-state index contributed by atoms with van der Waals surface area (Å²) < 4.78 is 2.66. The van der Waals surface area contributed by atoms with Gasteiger partial charge >= 0.3 is 0 Å². The first kappa shape index (κ1) is 21.5. The molecule has 0 bridgehead atoms. The van der Waals surface area contributed by atoms with E-state index >= 15 is 0 Å². The maximum absolute atomic E-state index is 12.1. The van der Waals surface area contributed by atoms with E-state index in [9.17, 15) is 4.79 Å². The number of nitrogens with zero attached hydrogens (tertiary/aromatic N) is 3. The average Bonchev–Trinajstić information content (AvgIpc) is 3.45. The van der Waals surface area contributed by atoms with Crippen molar-refractivity contribution in [3.05, 3.63) is 69.0 Å². The number of benzene rings is 1. The van der Waals surface area contributed by atoms with Gasteiger partial charge in [0, 0.05) is 35.7 Å². The molecule has 8 heteroatoms. The Kier molecular flexibility index (Phi) is 6.99. The van der Waals surface area contributed by atoms with Gasteiger partial charge in [0.15, 0.2) is 5.65 Å². The summed E-state index contributed by atoms with van der Waals surface area (Å²) in [5, 5.41) is 14.6. The van der Waals surface area contributed by atoms with Gasteiger partial charge in [0.1, 0.15) is 5.82 Å². The molecule has 0 unspecified atom stereocenters. The number of amides is 1. The second-order valence-corrected chi connectivity index (χ2v) is 8.84. The molecule has 4 rings (SSSR count). The van der Waals surface area contributed by atoms with Crippen molar-refractivity contribution in [3.63, 3.8) is 0 Å². The molecule has 31 heavy (non-hydrogen) atoms. The lowest BCUT2D eigenvalue weighted by Gasteiger charge is -2.13. The summed E-state index contributed by atoms with van der Waals surface area (Å²) in [5.41, 5.74) is 4.85. The minimum absolute atomic E-state index is 0.0293. The second-order valence-electron chi connectivity index (χ2n) is 7.21. The Balaban J connectivity index is 1.49. The predicted octanol–water partition coefficient (Wildman–Crippen LogP) is 5.40. The fourth-order valence-electron chi connectivity index (χ4n) is 3.46. The number of aromatic nitrogens is 3. The molecule has 0 fully saturated rings. The zero-order valence-electron chi connectivity index (χ0n) is 17.3. The molecule has 0 saturated heterocycles. The first-order valence-corrected chi connectivity index (χ1v) is 12.1. The molecule has 0 atom stereocenters. The van der Waals surface area contributed by atoms with Gasteiger partial charge in [0.25, 0.3) is 5.91 Å². The lowest BCUT2D eigenvalue weighted by Crippen LogP contribution is -2.25. The Bertz CT molecular complexity index is 1170. The quantitative estimate of drug-likeness (QED) is 0.303. The fraction of sp³-hybridized carbons (Fsp3) is 0.261. The molecule has 0 saturated carbocycles. The van der Waals surface area contributed by atoms with Gasteiger partial charge in [-0.3, -0.25) is 4.79 Å². The number of thiophene rings is 1. The molecule has 6 nitrogen and oxygen atoms in total. The van der Waals surface area contributed by atoms with Gasteiger partial charge in [-0.1, -0.05) is 37.6 Å². The molecule has 4 aromatic rings. The summed E-state index contributed by atoms with van der Waals surface area (Å²) in [4.78, 5) is 16.9. The third-order valence-electron chi connectivity index (χ3n) is 4.97. The van der Waals surface area contributed by atoms with Gasteiger partial charge in [-0.2, -0.15) is 21.0 Å².